The van der Waals surface area contributed by atoms with E-state index >= 15 is 0 Å². The summed E-state index contributed by atoms with van der Waals surface area (Å²) in [6.07, 6.45) is 9.68. The number of likely N-dealkylation sites (tertiary alicyclic amines) is 1. The van der Waals surface area contributed by atoms with Gasteiger partial charge in [0.1, 0.15) is 11.9 Å². The normalized spacial score (nSPS) is 22.5. The first-order chi connectivity index (χ1) is 16.3. The van der Waals surface area contributed by atoms with Crippen LogP contribution in [0, 0.1) is 0 Å². The minimum atomic E-state index is -0.0811. The van der Waals surface area contributed by atoms with Gasteiger partial charge in [-0.1, -0.05) is 0 Å². The monoisotopic (exact) mass is 453 g/mol. The molecular formula is C26H35N3O4. The summed E-state index contributed by atoms with van der Waals surface area (Å²) < 4.78 is 17.2. The zero-order valence-electron chi connectivity index (χ0n) is 19.6. The largest absolute Gasteiger partial charge is 0.493 e. The van der Waals surface area contributed by atoms with Gasteiger partial charge in [0.25, 0.3) is 6.47 Å². The van der Waals surface area contributed by atoms with Crippen molar-refractivity contribution in [1.29, 1.82) is 0 Å². The third-order valence-corrected chi connectivity index (χ3v) is 7.42. The SMILES string of the molecule is COc1cc2c3c(c(N[C@H]4CCC[C@@H]4OC=O)nc2cc1OCCCN1CCCC1)CCC3. The van der Waals surface area contributed by atoms with E-state index in [0.29, 0.717) is 13.1 Å². The molecule has 7 heteroatoms. The van der Waals surface area contributed by atoms with Crippen LogP contribution in [0.5, 0.6) is 11.5 Å². The predicted molar refractivity (Wildman–Crippen MR) is 128 cm³/mol. The zero-order chi connectivity index (χ0) is 22.6. The first-order valence-electron chi connectivity index (χ1n) is 12.5. The van der Waals surface area contributed by atoms with Gasteiger partial charge in [-0.05, 0) is 88.1 Å². The van der Waals surface area contributed by atoms with Crippen LogP contribution < -0.4 is 14.8 Å². The number of benzene rings is 1. The molecule has 1 N–H and O–H groups in total. The van der Waals surface area contributed by atoms with Gasteiger partial charge >= 0.3 is 0 Å². The van der Waals surface area contributed by atoms with Gasteiger partial charge in [-0.2, -0.15) is 0 Å². The molecule has 2 fully saturated rings. The number of nitrogens with zero attached hydrogens (tertiary/aromatic N) is 2. The molecule has 5 rings (SSSR count). The highest BCUT2D eigenvalue weighted by molar-refractivity contribution is 5.89. The topological polar surface area (TPSA) is 72.9 Å². The molecule has 3 aliphatic rings. The van der Waals surface area contributed by atoms with Crippen molar-refractivity contribution < 1.29 is 19.0 Å². The molecule has 33 heavy (non-hydrogen) atoms. The lowest BCUT2D eigenvalue weighted by molar-refractivity contribution is -0.133. The van der Waals surface area contributed by atoms with E-state index in [1.165, 1.54) is 37.1 Å². The molecule has 0 spiro atoms. The van der Waals surface area contributed by atoms with Crippen LogP contribution in [-0.2, 0) is 22.4 Å². The maximum absolute atomic E-state index is 10.9. The lowest BCUT2D eigenvalue weighted by atomic mass is 10.0. The average Bonchev–Trinajstić information content (AvgIpc) is 3.59. The molecule has 7 nitrogen and oxygen atoms in total. The van der Waals surface area contributed by atoms with Crippen LogP contribution in [0.25, 0.3) is 10.9 Å². The molecule has 2 aromatic rings. The molecule has 2 atom stereocenters. The number of methoxy groups -OCH3 is 1. The van der Waals surface area contributed by atoms with Crippen LogP contribution >= 0.6 is 0 Å². The van der Waals surface area contributed by atoms with Crippen molar-refractivity contribution in [2.45, 2.75) is 69.9 Å². The molecule has 178 valence electrons. The molecule has 1 saturated heterocycles. The van der Waals surface area contributed by atoms with E-state index in [-0.39, 0.29) is 12.1 Å². The van der Waals surface area contributed by atoms with Gasteiger partial charge in [-0.25, -0.2) is 4.98 Å². The summed E-state index contributed by atoms with van der Waals surface area (Å²) >= 11 is 0. The Labute approximate surface area is 195 Å². The number of pyridine rings is 1. The van der Waals surface area contributed by atoms with E-state index in [1.54, 1.807) is 7.11 Å². The molecule has 0 amide bonds. The number of rotatable bonds is 10. The fraction of sp³-hybridized carbons (Fsp3) is 0.615. The predicted octanol–water partition coefficient (Wildman–Crippen LogP) is 4.10. The fourth-order valence-electron chi connectivity index (χ4n) is 5.74. The van der Waals surface area contributed by atoms with Gasteiger partial charge in [0.2, 0.25) is 0 Å². The number of aromatic nitrogens is 1. The van der Waals surface area contributed by atoms with Crippen molar-refractivity contribution >= 4 is 23.2 Å². The minimum Gasteiger partial charge on any atom is -0.493 e. The van der Waals surface area contributed by atoms with Crippen molar-refractivity contribution in [3.8, 4) is 11.5 Å². The van der Waals surface area contributed by atoms with Gasteiger partial charge < -0.3 is 24.4 Å². The molecule has 1 aliphatic heterocycles. The average molecular weight is 454 g/mol. The Hall–Kier alpha value is -2.54. The highest BCUT2D eigenvalue weighted by atomic mass is 16.5. The number of carbonyl (C=O) groups is 1. The van der Waals surface area contributed by atoms with E-state index in [2.05, 4.69) is 16.3 Å². The maximum Gasteiger partial charge on any atom is 0.293 e. The molecule has 2 aliphatic carbocycles. The summed E-state index contributed by atoms with van der Waals surface area (Å²) in [6.45, 7) is 4.75. The number of fused-ring (bicyclic) bond motifs is 3. The van der Waals surface area contributed by atoms with E-state index in [4.69, 9.17) is 19.2 Å². The molecular weight excluding hydrogens is 418 g/mol. The van der Waals surface area contributed by atoms with Crippen molar-refractivity contribution in [2.75, 3.05) is 38.7 Å². The fourth-order valence-corrected chi connectivity index (χ4v) is 5.74. The van der Waals surface area contributed by atoms with Crippen LogP contribution in [0.15, 0.2) is 12.1 Å². The van der Waals surface area contributed by atoms with E-state index < -0.39 is 0 Å². The first kappa shape index (κ1) is 22.3. The van der Waals surface area contributed by atoms with Gasteiger partial charge in [0, 0.05) is 18.0 Å². The van der Waals surface area contributed by atoms with Crippen molar-refractivity contribution in [3.05, 3.63) is 23.3 Å². The number of hydrogen-bond donors (Lipinski definition) is 1. The summed E-state index contributed by atoms with van der Waals surface area (Å²) in [5, 5.41) is 4.78. The first-order valence-corrected chi connectivity index (χ1v) is 12.5. The number of anilines is 1. The highest BCUT2D eigenvalue weighted by Gasteiger charge is 2.31. The Morgan fingerprint density at radius 1 is 1.09 bits per heavy atom. The molecule has 1 aromatic heterocycles. The smallest absolute Gasteiger partial charge is 0.293 e. The quantitative estimate of drug-likeness (QED) is 0.429. The summed E-state index contributed by atoms with van der Waals surface area (Å²) in [5.41, 5.74) is 3.58. The molecule has 1 saturated carbocycles. The van der Waals surface area contributed by atoms with Gasteiger partial charge in [0.05, 0.1) is 25.3 Å². The summed E-state index contributed by atoms with van der Waals surface area (Å²) in [4.78, 5) is 18.4. The van der Waals surface area contributed by atoms with Gasteiger partial charge in [0.15, 0.2) is 11.5 Å². The molecule has 0 unspecified atom stereocenters. The minimum absolute atomic E-state index is 0.0811. The van der Waals surface area contributed by atoms with Crippen LogP contribution in [0.4, 0.5) is 5.82 Å². The Morgan fingerprint density at radius 2 is 1.94 bits per heavy atom. The van der Waals surface area contributed by atoms with Gasteiger partial charge in [-0.3, -0.25) is 4.79 Å². The molecule has 1 aromatic carbocycles. The third-order valence-electron chi connectivity index (χ3n) is 7.42. The van der Waals surface area contributed by atoms with E-state index in [1.807, 2.05) is 6.07 Å². The second-order valence-electron chi connectivity index (χ2n) is 9.49. The molecule has 2 heterocycles. The van der Waals surface area contributed by atoms with Crippen LogP contribution in [0.3, 0.4) is 0 Å². The number of nitrogens with one attached hydrogen (secondary N) is 1. The number of ether oxygens (including phenoxy) is 3. The second-order valence-corrected chi connectivity index (χ2v) is 9.49. The third kappa shape index (κ3) is 4.74. The van der Waals surface area contributed by atoms with Crippen LogP contribution in [-0.4, -0.2) is 61.9 Å². The molecule has 0 radical (unpaired) electrons. The van der Waals surface area contributed by atoms with Crippen molar-refractivity contribution in [1.82, 2.24) is 9.88 Å². The van der Waals surface area contributed by atoms with E-state index in [9.17, 15) is 4.79 Å². The standard InChI is InChI=1S/C26H35N3O4/c1-31-24-15-20-18-7-4-8-19(18)26(27-21-9-5-10-23(21)33-17-30)28-22(20)16-25(24)32-14-6-13-29-11-2-3-12-29/h15-17,21,23H,2-14H2,1H3,(H,27,28)/t21-,23-/m0/s1. The highest BCUT2D eigenvalue weighted by Crippen LogP contribution is 2.40. The summed E-state index contributed by atoms with van der Waals surface area (Å²) in [7, 11) is 1.70. The van der Waals surface area contributed by atoms with Crippen LogP contribution in [0.1, 0.15) is 56.1 Å². The number of aryl methyl sites for hydroxylation is 1. The van der Waals surface area contributed by atoms with E-state index in [0.717, 1.165) is 79.7 Å². The Balaban J connectivity index is 1.38. The molecule has 0 bridgehead atoms. The Morgan fingerprint density at radius 3 is 2.76 bits per heavy atom. The Kier molecular flexibility index (Phi) is 6.85. The lowest BCUT2D eigenvalue weighted by Crippen LogP contribution is -2.31. The zero-order valence-corrected chi connectivity index (χ0v) is 19.6. The summed E-state index contributed by atoms with van der Waals surface area (Å²) in [6, 6.07) is 4.24. The van der Waals surface area contributed by atoms with Crippen molar-refractivity contribution in [2.24, 2.45) is 0 Å². The lowest BCUT2D eigenvalue weighted by Gasteiger charge is -2.22. The van der Waals surface area contributed by atoms with Crippen molar-refractivity contribution in [3.63, 3.8) is 0 Å². The summed E-state index contributed by atoms with van der Waals surface area (Å²) in [5.74, 6) is 2.47. The Bertz CT molecular complexity index is 989. The van der Waals surface area contributed by atoms with Gasteiger partial charge in [-0.15, -0.1) is 0 Å². The number of carbonyl (C=O) groups excluding carboxylic acids is 1. The second kappa shape index (κ2) is 10.2. The maximum atomic E-state index is 10.9. The van der Waals surface area contributed by atoms with Crippen LogP contribution in [0.2, 0.25) is 0 Å². The number of hydrogen-bond acceptors (Lipinski definition) is 7.